The van der Waals surface area contributed by atoms with Crippen LogP contribution in [0, 0.1) is 0 Å². The lowest BCUT2D eigenvalue weighted by molar-refractivity contribution is 0.0943. The van der Waals surface area contributed by atoms with E-state index in [4.69, 9.17) is 9.47 Å². The van der Waals surface area contributed by atoms with Crippen molar-refractivity contribution < 1.29 is 14.3 Å². The van der Waals surface area contributed by atoms with Gasteiger partial charge in [0.2, 0.25) is 6.79 Å². The first-order chi connectivity index (χ1) is 10.7. The van der Waals surface area contributed by atoms with E-state index in [0.29, 0.717) is 24.6 Å². The van der Waals surface area contributed by atoms with Gasteiger partial charge in [0.25, 0.3) is 11.5 Å². The molecule has 1 aromatic heterocycles. The summed E-state index contributed by atoms with van der Waals surface area (Å²) in [5.74, 6) is 1.04. The monoisotopic (exact) mass is 301 g/mol. The SMILES string of the molecule is CCn1nc(C(=O)NCc2ccc3c(c2)OCO3)ccc1=O. The average molecular weight is 301 g/mol. The number of hydrogen-bond donors (Lipinski definition) is 1. The number of nitrogens with zero attached hydrogens (tertiary/aromatic N) is 2. The summed E-state index contributed by atoms with van der Waals surface area (Å²) in [6, 6.07) is 8.24. The minimum atomic E-state index is -0.333. The zero-order chi connectivity index (χ0) is 15.5. The lowest BCUT2D eigenvalue weighted by atomic mass is 10.2. The highest BCUT2D eigenvalue weighted by molar-refractivity contribution is 5.91. The third-order valence-electron chi connectivity index (χ3n) is 3.29. The van der Waals surface area contributed by atoms with Gasteiger partial charge in [-0.3, -0.25) is 9.59 Å². The van der Waals surface area contributed by atoms with Gasteiger partial charge in [0.15, 0.2) is 11.5 Å². The van der Waals surface area contributed by atoms with E-state index in [1.165, 1.54) is 16.8 Å². The summed E-state index contributed by atoms with van der Waals surface area (Å²) >= 11 is 0. The van der Waals surface area contributed by atoms with Crippen LogP contribution in [0.3, 0.4) is 0 Å². The molecular formula is C15H15N3O4. The van der Waals surface area contributed by atoms with Gasteiger partial charge in [-0.25, -0.2) is 4.68 Å². The Bertz CT molecular complexity index is 770. The van der Waals surface area contributed by atoms with Crippen LogP contribution in [0.1, 0.15) is 23.0 Å². The number of nitrogens with one attached hydrogen (secondary N) is 1. The van der Waals surface area contributed by atoms with Gasteiger partial charge in [-0.15, -0.1) is 0 Å². The molecule has 0 spiro atoms. The maximum absolute atomic E-state index is 12.1. The Morgan fingerprint density at radius 1 is 1.27 bits per heavy atom. The van der Waals surface area contributed by atoms with Gasteiger partial charge in [0, 0.05) is 19.2 Å². The number of aryl methyl sites for hydroxylation is 1. The van der Waals surface area contributed by atoms with Crippen LogP contribution in [-0.4, -0.2) is 22.5 Å². The Kier molecular flexibility index (Phi) is 3.78. The normalized spacial score (nSPS) is 12.2. The molecule has 1 amide bonds. The highest BCUT2D eigenvalue weighted by atomic mass is 16.7. The van der Waals surface area contributed by atoms with Crippen molar-refractivity contribution >= 4 is 5.91 Å². The summed E-state index contributed by atoms with van der Waals surface area (Å²) in [5.41, 5.74) is 0.874. The van der Waals surface area contributed by atoms with Crippen molar-refractivity contribution in [1.29, 1.82) is 0 Å². The van der Waals surface area contributed by atoms with Crippen molar-refractivity contribution in [1.82, 2.24) is 15.1 Å². The molecule has 7 nitrogen and oxygen atoms in total. The fraction of sp³-hybridized carbons (Fsp3) is 0.267. The molecule has 0 unspecified atom stereocenters. The predicted molar refractivity (Wildman–Crippen MR) is 77.9 cm³/mol. The second-order valence-corrected chi connectivity index (χ2v) is 4.74. The number of aromatic nitrogens is 2. The first-order valence-corrected chi connectivity index (χ1v) is 6.92. The highest BCUT2D eigenvalue weighted by Gasteiger charge is 2.14. The van der Waals surface area contributed by atoms with Crippen LogP contribution >= 0.6 is 0 Å². The third-order valence-corrected chi connectivity index (χ3v) is 3.29. The van der Waals surface area contributed by atoms with Crippen LogP contribution in [0.4, 0.5) is 0 Å². The molecule has 0 saturated heterocycles. The van der Waals surface area contributed by atoms with Crippen LogP contribution in [0.25, 0.3) is 0 Å². The molecule has 0 atom stereocenters. The minimum Gasteiger partial charge on any atom is -0.454 e. The smallest absolute Gasteiger partial charge is 0.271 e. The fourth-order valence-electron chi connectivity index (χ4n) is 2.12. The van der Waals surface area contributed by atoms with Crippen molar-refractivity contribution in [3.8, 4) is 11.5 Å². The summed E-state index contributed by atoms with van der Waals surface area (Å²) in [4.78, 5) is 23.5. The second kappa shape index (κ2) is 5.88. The van der Waals surface area contributed by atoms with Crippen LogP contribution in [0.5, 0.6) is 11.5 Å². The summed E-state index contributed by atoms with van der Waals surface area (Å²) in [6.45, 7) is 2.76. The molecule has 2 aromatic rings. The molecule has 1 N–H and O–H groups in total. The zero-order valence-electron chi connectivity index (χ0n) is 12.0. The molecule has 1 aromatic carbocycles. The van der Waals surface area contributed by atoms with E-state index in [0.717, 1.165) is 5.56 Å². The van der Waals surface area contributed by atoms with Crippen molar-refractivity contribution in [2.75, 3.05) is 6.79 Å². The van der Waals surface area contributed by atoms with Gasteiger partial charge in [0.05, 0.1) is 0 Å². The third kappa shape index (κ3) is 2.78. The molecular weight excluding hydrogens is 286 g/mol. The molecule has 0 bridgehead atoms. The Hall–Kier alpha value is -2.83. The molecule has 0 fully saturated rings. The average Bonchev–Trinajstić information content (AvgIpc) is 3.00. The van der Waals surface area contributed by atoms with E-state index in [1.54, 1.807) is 13.0 Å². The zero-order valence-corrected chi connectivity index (χ0v) is 12.0. The number of ether oxygens (including phenoxy) is 2. The molecule has 1 aliphatic heterocycles. The van der Waals surface area contributed by atoms with Crippen LogP contribution in [-0.2, 0) is 13.1 Å². The molecule has 0 saturated carbocycles. The maximum atomic E-state index is 12.1. The van der Waals surface area contributed by atoms with Gasteiger partial charge in [-0.05, 0) is 30.7 Å². The van der Waals surface area contributed by atoms with Crippen LogP contribution < -0.4 is 20.3 Å². The molecule has 1 aliphatic rings. The van der Waals surface area contributed by atoms with Crippen molar-refractivity contribution in [3.63, 3.8) is 0 Å². The number of fused-ring (bicyclic) bond motifs is 1. The number of carbonyl (C=O) groups is 1. The number of hydrogen-bond acceptors (Lipinski definition) is 5. The van der Waals surface area contributed by atoms with Crippen LogP contribution in [0.15, 0.2) is 35.1 Å². The molecule has 22 heavy (non-hydrogen) atoms. The van der Waals surface area contributed by atoms with Crippen molar-refractivity contribution in [3.05, 3.63) is 51.9 Å². The summed E-state index contributed by atoms with van der Waals surface area (Å²) in [7, 11) is 0. The molecule has 0 aliphatic carbocycles. The Morgan fingerprint density at radius 3 is 2.91 bits per heavy atom. The fourth-order valence-corrected chi connectivity index (χ4v) is 2.12. The molecule has 2 heterocycles. The van der Waals surface area contributed by atoms with E-state index in [1.807, 2.05) is 12.1 Å². The molecule has 0 radical (unpaired) electrons. The lowest BCUT2D eigenvalue weighted by Gasteiger charge is -2.07. The minimum absolute atomic E-state index is 0.210. The van der Waals surface area contributed by atoms with Crippen LogP contribution in [0.2, 0.25) is 0 Å². The number of rotatable bonds is 4. The molecule has 7 heteroatoms. The van der Waals surface area contributed by atoms with E-state index >= 15 is 0 Å². The first-order valence-electron chi connectivity index (χ1n) is 6.92. The summed E-state index contributed by atoms with van der Waals surface area (Å²) in [6.07, 6.45) is 0. The van der Waals surface area contributed by atoms with E-state index in [-0.39, 0.29) is 24.0 Å². The predicted octanol–water partition coefficient (Wildman–Crippen LogP) is 0.922. The number of benzene rings is 1. The Balaban J connectivity index is 1.68. The van der Waals surface area contributed by atoms with E-state index in [9.17, 15) is 9.59 Å². The molecule has 114 valence electrons. The summed E-state index contributed by atoms with van der Waals surface area (Å²) in [5, 5.41) is 6.77. The second-order valence-electron chi connectivity index (χ2n) is 4.74. The first kappa shape index (κ1) is 14.1. The van der Waals surface area contributed by atoms with Gasteiger partial charge in [-0.2, -0.15) is 5.10 Å². The molecule has 3 rings (SSSR count). The van der Waals surface area contributed by atoms with Gasteiger partial charge < -0.3 is 14.8 Å². The number of amides is 1. The highest BCUT2D eigenvalue weighted by Crippen LogP contribution is 2.32. The van der Waals surface area contributed by atoms with Crippen molar-refractivity contribution in [2.24, 2.45) is 0 Å². The van der Waals surface area contributed by atoms with Crippen molar-refractivity contribution in [2.45, 2.75) is 20.0 Å². The topological polar surface area (TPSA) is 82.5 Å². The Labute approximate surface area is 126 Å². The number of carbonyl (C=O) groups excluding carboxylic acids is 1. The Morgan fingerprint density at radius 2 is 2.09 bits per heavy atom. The van der Waals surface area contributed by atoms with E-state index in [2.05, 4.69) is 10.4 Å². The quantitative estimate of drug-likeness (QED) is 0.908. The summed E-state index contributed by atoms with van der Waals surface area (Å²) < 4.78 is 11.8. The lowest BCUT2D eigenvalue weighted by Crippen LogP contribution is -2.29. The van der Waals surface area contributed by atoms with Gasteiger partial charge in [0.1, 0.15) is 5.69 Å². The van der Waals surface area contributed by atoms with Gasteiger partial charge in [-0.1, -0.05) is 6.07 Å². The largest absolute Gasteiger partial charge is 0.454 e. The van der Waals surface area contributed by atoms with Gasteiger partial charge >= 0.3 is 0 Å². The maximum Gasteiger partial charge on any atom is 0.271 e. The standard InChI is InChI=1S/C15H15N3O4/c1-2-18-14(19)6-4-11(17-18)15(20)16-8-10-3-5-12-13(7-10)22-9-21-12/h3-7H,2,8-9H2,1H3,(H,16,20). The van der Waals surface area contributed by atoms with E-state index < -0.39 is 0 Å².